The summed E-state index contributed by atoms with van der Waals surface area (Å²) in [7, 11) is 0. The average Bonchev–Trinajstić information content (AvgIpc) is 2.30. The second-order valence-corrected chi connectivity index (χ2v) is 3.98. The van der Waals surface area contributed by atoms with Crippen LogP contribution in [0, 0.1) is 0 Å². The molecule has 3 N–H and O–H groups in total. The van der Waals surface area contributed by atoms with Gasteiger partial charge in [0.25, 0.3) is 5.00 Å². The fraction of sp³-hybridized carbons (Fsp3) is 0.273. The summed E-state index contributed by atoms with van der Waals surface area (Å²) in [6.07, 6.45) is 0. The third-order valence-corrected chi connectivity index (χ3v) is 3.00. The lowest BCUT2D eigenvalue weighted by atomic mass is 10.1. The summed E-state index contributed by atoms with van der Waals surface area (Å²) in [6.45, 7) is 0.937. The molecule has 0 aliphatic heterocycles. The van der Waals surface area contributed by atoms with Crippen LogP contribution in [0.3, 0.4) is 0 Å². The molecule has 0 aromatic heterocycles. The van der Waals surface area contributed by atoms with Gasteiger partial charge in [-0.05, 0) is 19.1 Å². The third kappa shape index (κ3) is 2.40. The maximum absolute atomic E-state index is 11.5. The monoisotopic (exact) mass is 256 g/mol. The number of ketones is 1. The minimum atomic E-state index is -2.17. The van der Waals surface area contributed by atoms with Crippen molar-refractivity contribution in [1.29, 1.82) is 0 Å². The van der Waals surface area contributed by atoms with Crippen LogP contribution in [0.15, 0.2) is 30.3 Å². The summed E-state index contributed by atoms with van der Waals surface area (Å²) in [5, 5.41) is 9.12. The molecule has 0 spiro atoms. The number of carboxylic acids is 1. The molecule has 1 aromatic carbocycles. The Labute approximate surface area is 104 Å². The number of carbonyl (C=O) groups excluding carboxylic acids is 1. The lowest BCUT2D eigenvalue weighted by molar-refractivity contribution is -0.143. The van der Waals surface area contributed by atoms with Gasteiger partial charge in [0, 0.05) is 5.69 Å². The average molecular weight is 257 g/mol. The van der Waals surface area contributed by atoms with E-state index in [0.717, 1.165) is 11.8 Å². The normalized spacial score (nSPS) is 13.8. The van der Waals surface area contributed by atoms with Gasteiger partial charge in [-0.25, -0.2) is 4.79 Å². The maximum Gasteiger partial charge on any atom is 0.353 e. The molecule has 1 aromatic rings. The summed E-state index contributed by atoms with van der Waals surface area (Å²) >= 11 is 5.91. The van der Waals surface area contributed by atoms with Crippen molar-refractivity contribution in [1.82, 2.24) is 0 Å². The zero-order valence-electron chi connectivity index (χ0n) is 9.26. The Hall–Kier alpha value is -1.59. The minimum absolute atomic E-state index is 0.181. The van der Waals surface area contributed by atoms with Crippen LogP contribution >= 0.6 is 11.6 Å². The van der Waals surface area contributed by atoms with Gasteiger partial charge < -0.3 is 15.7 Å². The maximum atomic E-state index is 11.5. The van der Waals surface area contributed by atoms with Crippen molar-refractivity contribution in [3.63, 3.8) is 0 Å². The van der Waals surface area contributed by atoms with E-state index in [1.165, 1.54) is 0 Å². The van der Waals surface area contributed by atoms with E-state index in [0.29, 0.717) is 5.69 Å². The van der Waals surface area contributed by atoms with Crippen LogP contribution < -0.4 is 10.6 Å². The third-order valence-electron chi connectivity index (χ3n) is 2.37. The highest BCUT2D eigenvalue weighted by Crippen LogP contribution is 2.28. The van der Waals surface area contributed by atoms with Gasteiger partial charge in [0.2, 0.25) is 0 Å². The van der Waals surface area contributed by atoms with Crippen LogP contribution in [-0.2, 0) is 9.59 Å². The van der Waals surface area contributed by atoms with Gasteiger partial charge in [0.15, 0.2) is 5.78 Å². The van der Waals surface area contributed by atoms with Gasteiger partial charge in [-0.2, -0.15) is 0 Å². The van der Waals surface area contributed by atoms with E-state index < -0.39 is 16.8 Å². The zero-order valence-corrected chi connectivity index (χ0v) is 10.0. The summed E-state index contributed by atoms with van der Waals surface area (Å²) in [6, 6.07) is 8.45. The molecule has 1 unspecified atom stereocenters. The first-order valence-corrected chi connectivity index (χ1v) is 5.28. The molecule has 6 heteroatoms. The number of carbonyl (C=O) groups is 2. The number of Topliss-reactive ketones (excluding diaryl/α,β-unsaturated/α-hetero) is 1. The van der Waals surface area contributed by atoms with E-state index in [4.69, 9.17) is 22.4 Å². The Bertz CT molecular complexity index is 408. The Morgan fingerprint density at radius 3 is 2.29 bits per heavy atom. The molecule has 0 amide bonds. The predicted molar refractivity (Wildman–Crippen MR) is 64.9 cm³/mol. The number of alkyl halides is 1. The fourth-order valence-corrected chi connectivity index (χ4v) is 1.64. The quantitative estimate of drug-likeness (QED) is 0.356. The number of nitrogens with two attached hydrogens (primary N) is 1. The van der Waals surface area contributed by atoms with Gasteiger partial charge in [-0.3, -0.25) is 4.79 Å². The molecule has 92 valence electrons. The van der Waals surface area contributed by atoms with Gasteiger partial charge >= 0.3 is 5.97 Å². The van der Waals surface area contributed by atoms with Crippen molar-refractivity contribution in [2.45, 2.75) is 11.9 Å². The number of para-hydroxylation sites is 1. The van der Waals surface area contributed by atoms with Crippen LogP contribution in [0.1, 0.15) is 6.92 Å². The zero-order chi connectivity index (χ0) is 13.1. The molecule has 0 bridgehead atoms. The molecule has 0 saturated heterocycles. The van der Waals surface area contributed by atoms with Crippen molar-refractivity contribution >= 4 is 29.0 Å². The molecule has 17 heavy (non-hydrogen) atoms. The van der Waals surface area contributed by atoms with Gasteiger partial charge in [0.1, 0.15) is 0 Å². The van der Waals surface area contributed by atoms with Crippen LogP contribution in [0.5, 0.6) is 0 Å². The summed E-state index contributed by atoms with van der Waals surface area (Å²) in [5.41, 5.74) is 5.97. The van der Waals surface area contributed by atoms with Crippen LogP contribution in [-0.4, -0.2) is 28.5 Å². The molecule has 5 nitrogen and oxygen atoms in total. The lowest BCUT2D eigenvalue weighted by Crippen LogP contribution is -2.57. The first kappa shape index (κ1) is 13.5. The molecule has 0 radical (unpaired) electrons. The minimum Gasteiger partial charge on any atom is -0.478 e. The van der Waals surface area contributed by atoms with E-state index in [-0.39, 0.29) is 6.67 Å². The Morgan fingerprint density at radius 1 is 1.41 bits per heavy atom. The fourth-order valence-electron chi connectivity index (χ4n) is 1.47. The molecule has 1 rings (SSSR count). The van der Waals surface area contributed by atoms with Crippen LogP contribution in [0.25, 0.3) is 0 Å². The van der Waals surface area contributed by atoms with E-state index in [1.807, 2.05) is 0 Å². The molecule has 0 heterocycles. The van der Waals surface area contributed by atoms with Gasteiger partial charge in [-0.1, -0.05) is 29.8 Å². The molecule has 0 saturated carbocycles. The second kappa shape index (κ2) is 5.16. The predicted octanol–water partition coefficient (Wildman–Crippen LogP) is 1.02. The Morgan fingerprint density at radius 2 is 1.94 bits per heavy atom. The highest BCUT2D eigenvalue weighted by molar-refractivity contribution is 6.46. The van der Waals surface area contributed by atoms with Crippen molar-refractivity contribution < 1.29 is 14.7 Å². The number of halogens is 1. The standard InChI is InChI=1S/C11H13ClN2O3/c1-8(15)11(12,10(16)17)14(7-13)9-5-3-2-4-6-9/h2-6H,7,13H2,1H3,(H,16,17). The van der Waals surface area contributed by atoms with E-state index in [1.54, 1.807) is 30.3 Å². The molecule has 1 atom stereocenters. The summed E-state index contributed by atoms with van der Waals surface area (Å²) < 4.78 is 0. The Balaban J connectivity index is 3.25. The molecular weight excluding hydrogens is 244 g/mol. The second-order valence-electron chi connectivity index (χ2n) is 3.43. The number of benzene rings is 1. The van der Waals surface area contributed by atoms with Crippen LogP contribution in [0.4, 0.5) is 5.69 Å². The number of hydrogen-bond donors (Lipinski definition) is 2. The highest BCUT2D eigenvalue weighted by Gasteiger charge is 2.47. The largest absolute Gasteiger partial charge is 0.478 e. The number of carboxylic acid groups (broad SMARTS) is 1. The number of aliphatic carboxylic acids is 1. The SMILES string of the molecule is CC(=O)C(Cl)(C(=O)O)N(CN)c1ccccc1. The number of rotatable bonds is 5. The van der Waals surface area contributed by atoms with Crippen molar-refractivity contribution in [3.05, 3.63) is 30.3 Å². The molecule has 0 aliphatic rings. The van der Waals surface area contributed by atoms with Crippen molar-refractivity contribution in [2.24, 2.45) is 5.73 Å². The van der Waals surface area contributed by atoms with Gasteiger partial charge in [-0.15, -0.1) is 0 Å². The first-order chi connectivity index (χ1) is 7.94. The number of anilines is 1. The molecule has 0 aliphatic carbocycles. The first-order valence-electron chi connectivity index (χ1n) is 4.90. The topological polar surface area (TPSA) is 83.6 Å². The van der Waals surface area contributed by atoms with Crippen molar-refractivity contribution in [3.8, 4) is 0 Å². The van der Waals surface area contributed by atoms with Crippen LogP contribution in [0.2, 0.25) is 0 Å². The lowest BCUT2D eigenvalue weighted by Gasteiger charge is -2.34. The Kier molecular flexibility index (Phi) is 4.09. The molecular formula is C11H13ClN2O3. The van der Waals surface area contributed by atoms with E-state index in [2.05, 4.69) is 0 Å². The number of hydrogen-bond acceptors (Lipinski definition) is 4. The van der Waals surface area contributed by atoms with Gasteiger partial charge in [0.05, 0.1) is 6.67 Å². The van der Waals surface area contributed by atoms with Crippen molar-refractivity contribution in [2.75, 3.05) is 11.6 Å². The van der Waals surface area contributed by atoms with E-state index in [9.17, 15) is 9.59 Å². The smallest absolute Gasteiger partial charge is 0.353 e. The summed E-state index contributed by atoms with van der Waals surface area (Å²) in [5.74, 6) is -2.14. The summed E-state index contributed by atoms with van der Waals surface area (Å²) in [4.78, 5) is 21.6. The molecule has 0 fully saturated rings. The number of nitrogens with zero attached hydrogens (tertiary/aromatic N) is 1. The van der Waals surface area contributed by atoms with E-state index >= 15 is 0 Å². The highest BCUT2D eigenvalue weighted by atomic mass is 35.5.